The highest BCUT2D eigenvalue weighted by Crippen LogP contribution is 2.42. The van der Waals surface area contributed by atoms with E-state index in [1.807, 2.05) is 0 Å². The second-order valence-corrected chi connectivity index (χ2v) is 29.9. The van der Waals surface area contributed by atoms with Crippen molar-refractivity contribution in [3.63, 3.8) is 0 Å². The highest BCUT2D eigenvalue weighted by atomic mass is 16.8. The van der Waals surface area contributed by atoms with Gasteiger partial charge in [-0.05, 0) is 0 Å². The molecule has 6 amide bonds. The summed E-state index contributed by atoms with van der Waals surface area (Å²) in [6.45, 7) is -3.84. The van der Waals surface area contributed by atoms with E-state index in [0.29, 0.717) is 0 Å². The smallest absolute Gasteiger partial charge is 0.364 e. The molecule has 36 atom stereocenters. The topological polar surface area (TPSA) is 905 Å². The zero-order chi connectivity index (χ0) is 91.8. The summed E-state index contributed by atoms with van der Waals surface area (Å²) in [4.78, 5) is 152. The first-order chi connectivity index (χ1) is 55.9. The fraction of sp³-hybridized carbons (Fsp3) is 0.818. The second kappa shape index (κ2) is 41.5. The van der Waals surface area contributed by atoms with Crippen molar-refractivity contribution in [3.8, 4) is 0 Å². The molecule has 6 rings (SSSR count). The van der Waals surface area contributed by atoms with Crippen LogP contribution in [-0.4, -0.2) is 461 Å². The predicted octanol–water partition coefficient (Wildman–Crippen LogP) is -18.0. The highest BCUT2D eigenvalue weighted by Gasteiger charge is 2.64. The number of aliphatic hydroxyl groups is 20. The van der Waals surface area contributed by atoms with E-state index < -0.39 is 367 Å². The van der Waals surface area contributed by atoms with Gasteiger partial charge >= 0.3 is 35.8 Å². The molecule has 55 nitrogen and oxygen atoms in total. The maximum Gasteiger partial charge on any atom is 0.364 e. The number of amides is 6. The van der Waals surface area contributed by atoms with E-state index in [-0.39, 0.29) is 0 Å². The molecule has 0 aromatic rings. The van der Waals surface area contributed by atoms with Crippen LogP contribution in [0.4, 0.5) is 0 Å². The lowest BCUT2D eigenvalue weighted by molar-refractivity contribution is -0.335. The van der Waals surface area contributed by atoms with Crippen LogP contribution in [0.15, 0.2) is 0 Å². The Kier molecular flexibility index (Phi) is 35.0. The Morgan fingerprint density at radius 2 is 0.438 bits per heavy atom. The molecule has 692 valence electrons. The Hall–Kier alpha value is -7.60. The van der Waals surface area contributed by atoms with Gasteiger partial charge in [0.15, 0.2) is 0 Å². The Labute approximate surface area is 681 Å². The minimum atomic E-state index is -3.48. The molecular formula is C66H104N6O49. The number of aliphatic hydroxyl groups excluding tert-OH is 19. The van der Waals surface area contributed by atoms with Gasteiger partial charge in [-0.15, -0.1) is 0 Å². The molecule has 6 aliphatic heterocycles. The van der Waals surface area contributed by atoms with Crippen LogP contribution in [0.1, 0.15) is 80.1 Å². The zero-order valence-corrected chi connectivity index (χ0v) is 64.8. The quantitative estimate of drug-likeness (QED) is 0.0271. The summed E-state index contributed by atoms with van der Waals surface area (Å²) in [7, 11) is 0. The molecule has 6 fully saturated rings. The molecular weight excluding hydrogens is 1660 g/mol. The first-order valence-electron chi connectivity index (χ1n) is 36.8. The Balaban J connectivity index is 1.21. The van der Waals surface area contributed by atoms with E-state index in [2.05, 4.69) is 31.9 Å². The standard InChI is InChI=1S/C66H104N6O49/c1-19(74)67-37-25(80)7-61(110,55(98)99)116-49(37)44(93)32(87)14-111-63(57(102)103)9-27(82)39(69-21(3)76)51(118-63)46(95)34(89)16-113-65(59(106)107)11-29(84)41(71-23(5)78)53(120-65)48(97)36(91)18-115-66(60(108)109)12-30(85)42(72-24(6)79)54(121-66)47(96)35(90)17-114-64(58(104)105)10-28(83)40(70-22(4)77)52(119-64)45(94)33(88)15-112-62(56(100)101)8-26(81)38(68-20(2)75)50(117-62)43(92)31(86)13-73/h25-54,73,80-97,110H,7-18H2,1-6H3,(H,67,74)(H,68,75)(H,69,76)(H,70,77)(H,71,78)(H,72,79)(H,98,99)(H,100,101)(H,102,103)(H,104,105)(H,106,107)(H,108,109)/t25-,26-,27-,28-,29-,30-,31+,32+,33+,34+,35+,36+,37+,38+,39+,40+,41+,42+,43+,44+,45+,46+,47+,48+,49+,50+,51+,52+,53+,54+,61?,62+,63+,64+,65+,66+/m0/s1. The molecule has 0 spiro atoms. The van der Waals surface area contributed by atoms with Crippen molar-refractivity contribution in [2.45, 2.75) is 298 Å². The third-order valence-electron chi connectivity index (χ3n) is 20.6. The molecule has 0 saturated carbocycles. The fourth-order valence-electron chi connectivity index (χ4n) is 14.6. The number of hydrogen-bond acceptors (Lipinski definition) is 43. The van der Waals surface area contributed by atoms with Crippen LogP contribution in [0.2, 0.25) is 0 Å². The molecule has 6 saturated heterocycles. The first kappa shape index (κ1) is 102. The minimum Gasteiger partial charge on any atom is -0.477 e. The van der Waals surface area contributed by atoms with Crippen LogP contribution in [-0.2, 0) is 110 Å². The van der Waals surface area contributed by atoms with Crippen LogP contribution in [0, 0.1) is 0 Å². The van der Waals surface area contributed by atoms with Crippen LogP contribution < -0.4 is 31.9 Å². The molecule has 0 aromatic heterocycles. The molecule has 121 heavy (non-hydrogen) atoms. The lowest BCUT2D eigenvalue weighted by Crippen LogP contribution is -2.70. The van der Waals surface area contributed by atoms with Crippen LogP contribution >= 0.6 is 0 Å². The average molecular weight is 1770 g/mol. The van der Waals surface area contributed by atoms with Crippen molar-refractivity contribution >= 4 is 71.3 Å². The van der Waals surface area contributed by atoms with Crippen molar-refractivity contribution in [1.29, 1.82) is 0 Å². The number of hydrogen-bond donors (Lipinski definition) is 32. The van der Waals surface area contributed by atoms with E-state index in [0.717, 1.165) is 41.5 Å². The molecule has 0 radical (unpaired) electrons. The van der Waals surface area contributed by atoms with Gasteiger partial charge in [0.2, 0.25) is 35.4 Å². The van der Waals surface area contributed by atoms with Gasteiger partial charge in [-0.1, -0.05) is 0 Å². The number of carboxylic acids is 6. The predicted molar refractivity (Wildman–Crippen MR) is 372 cm³/mol. The summed E-state index contributed by atoms with van der Waals surface area (Å²) in [6.07, 6.45) is -66.3. The Morgan fingerprint density at radius 1 is 0.281 bits per heavy atom. The van der Waals surface area contributed by atoms with Gasteiger partial charge in [0.05, 0.1) is 113 Å². The van der Waals surface area contributed by atoms with E-state index >= 15 is 0 Å². The summed E-state index contributed by atoms with van der Waals surface area (Å²) in [5.74, 6) is -39.6. The van der Waals surface area contributed by atoms with E-state index in [4.69, 9.17) is 52.1 Å². The van der Waals surface area contributed by atoms with Gasteiger partial charge in [-0.25, -0.2) is 28.8 Å². The van der Waals surface area contributed by atoms with Crippen molar-refractivity contribution < 1.29 is 242 Å². The number of ether oxygens (including phenoxy) is 11. The molecule has 6 aliphatic rings. The van der Waals surface area contributed by atoms with Crippen LogP contribution in [0.25, 0.3) is 0 Å². The van der Waals surface area contributed by atoms with Gasteiger partial charge in [-0.2, -0.15) is 0 Å². The summed E-state index contributed by atoms with van der Waals surface area (Å²) >= 11 is 0. The molecule has 0 aliphatic carbocycles. The van der Waals surface area contributed by atoms with E-state index in [1.54, 1.807) is 0 Å². The van der Waals surface area contributed by atoms with E-state index in [1.165, 1.54) is 0 Å². The maximum atomic E-state index is 13.4. The van der Waals surface area contributed by atoms with Crippen molar-refractivity contribution in [3.05, 3.63) is 0 Å². The summed E-state index contributed by atoms with van der Waals surface area (Å²) < 4.78 is 60.2. The summed E-state index contributed by atoms with van der Waals surface area (Å²) in [5.41, 5.74) is 0. The van der Waals surface area contributed by atoms with Gasteiger partial charge in [0.25, 0.3) is 34.7 Å². The molecule has 1 unspecified atom stereocenters. The first-order valence-corrected chi connectivity index (χ1v) is 36.8. The third kappa shape index (κ3) is 23.7. The monoisotopic (exact) mass is 1760 g/mol. The maximum absolute atomic E-state index is 13.4. The highest BCUT2D eigenvalue weighted by molar-refractivity contribution is 5.80. The summed E-state index contributed by atoms with van der Waals surface area (Å²) in [6, 6.07) is -11.6. The summed E-state index contributed by atoms with van der Waals surface area (Å²) in [5, 5.41) is 300. The van der Waals surface area contributed by atoms with Crippen LogP contribution in [0.5, 0.6) is 0 Å². The molecule has 0 aromatic carbocycles. The van der Waals surface area contributed by atoms with Crippen molar-refractivity contribution in [2.24, 2.45) is 0 Å². The average Bonchev–Trinajstić information content (AvgIpc) is 0.836. The van der Waals surface area contributed by atoms with Gasteiger partial charge < -0.3 is 217 Å². The Bertz CT molecular complexity index is 3640. The minimum absolute atomic E-state index is 0.809. The SMILES string of the molecule is CC(=O)N[C@H]1[C@H]([C@H](O)[C@H](O)CO[C@]2(C(=O)O)C[C@H](O)[C@@H](NC(C)=O)[C@H]([C@H](O)[C@H](O)CO[C@]3(C(=O)O)C[C@H](O)[C@@H](NC(C)=O)[C@H]([C@H](O)[C@H](O)CO[C@]4(C(=O)O)C[C@H](O)[C@@H](NC(C)=O)[C@H]([C@H](O)[C@H](O)CO[C@]5(C(=O)O)C[C@H](O)[C@@H](NC(C)=O)[C@H]([C@H](O)[C@H](O)CO[C@]6(C(=O)O)C[C@H](O)[C@@H](NC(C)=O)[C@H]([C@H](O)[C@H](O)CO)O6)O5)O4)O3)O2)OC(O)(C(=O)O)C[C@@H]1O. The molecule has 32 N–H and O–H groups in total. The van der Waals surface area contributed by atoms with Gasteiger partial charge in [-0.3, -0.25) is 28.8 Å². The number of carbonyl (C=O) groups is 12. The number of carboxylic acid groups (broad SMARTS) is 6. The lowest BCUT2D eigenvalue weighted by atomic mass is 9.87. The van der Waals surface area contributed by atoms with Gasteiger partial charge in [0, 0.05) is 80.1 Å². The molecule has 6 heterocycles. The number of nitrogens with one attached hydrogen (secondary N) is 6. The van der Waals surface area contributed by atoms with E-state index in [9.17, 15) is 190 Å². The van der Waals surface area contributed by atoms with Crippen molar-refractivity contribution in [2.75, 3.05) is 39.6 Å². The number of aliphatic carboxylic acids is 6. The molecule has 55 heteroatoms. The third-order valence-corrected chi connectivity index (χ3v) is 20.6. The Morgan fingerprint density at radius 3 is 0.587 bits per heavy atom. The second-order valence-electron chi connectivity index (χ2n) is 29.9. The van der Waals surface area contributed by atoms with Gasteiger partial charge in [0.1, 0.15) is 110 Å². The molecule has 0 bridgehead atoms. The fourth-order valence-corrected chi connectivity index (χ4v) is 14.6. The number of carbonyl (C=O) groups excluding carboxylic acids is 6. The zero-order valence-electron chi connectivity index (χ0n) is 64.8. The van der Waals surface area contributed by atoms with Crippen LogP contribution in [0.3, 0.4) is 0 Å². The lowest BCUT2D eigenvalue weighted by Gasteiger charge is -2.48. The normalized spacial score (nSPS) is 37.5. The number of rotatable bonds is 40. The largest absolute Gasteiger partial charge is 0.477 e. The van der Waals surface area contributed by atoms with Crippen molar-refractivity contribution in [1.82, 2.24) is 31.9 Å².